The molecule has 0 spiro atoms. The zero-order valence-electron chi connectivity index (χ0n) is 13.2. The van der Waals surface area contributed by atoms with Crippen molar-refractivity contribution < 1.29 is 9.84 Å². The highest BCUT2D eigenvalue weighted by atomic mass is 35.5. The Morgan fingerprint density at radius 1 is 1.12 bits per heavy atom. The zero-order chi connectivity index (χ0) is 16.5. The third-order valence-electron chi connectivity index (χ3n) is 4.58. The molecule has 1 fully saturated rings. The van der Waals surface area contributed by atoms with Crippen molar-refractivity contribution >= 4 is 22.5 Å². The molecule has 5 heteroatoms. The van der Waals surface area contributed by atoms with Crippen LogP contribution >= 0.6 is 11.6 Å². The Balaban J connectivity index is 1.88. The van der Waals surface area contributed by atoms with Crippen LogP contribution in [0.1, 0.15) is 17.2 Å². The predicted molar refractivity (Wildman–Crippen MR) is 95.7 cm³/mol. The summed E-state index contributed by atoms with van der Waals surface area (Å²) in [5, 5.41) is 11.7. The lowest BCUT2D eigenvalue weighted by Crippen LogP contribution is -2.39. The molecule has 1 unspecified atom stereocenters. The summed E-state index contributed by atoms with van der Waals surface area (Å²) in [6.45, 7) is 3.12. The van der Waals surface area contributed by atoms with Gasteiger partial charge in [-0.3, -0.25) is 4.90 Å². The monoisotopic (exact) mass is 342 g/mol. The molecule has 0 aliphatic carbocycles. The number of rotatable bonds is 3. The van der Waals surface area contributed by atoms with Gasteiger partial charge < -0.3 is 14.8 Å². The maximum absolute atomic E-state index is 9.95. The summed E-state index contributed by atoms with van der Waals surface area (Å²) in [6.07, 6.45) is 2.03. The van der Waals surface area contributed by atoms with E-state index in [4.69, 9.17) is 16.3 Å². The Morgan fingerprint density at radius 3 is 2.71 bits per heavy atom. The zero-order valence-corrected chi connectivity index (χ0v) is 14.0. The fourth-order valence-electron chi connectivity index (χ4n) is 3.50. The molecule has 1 aliphatic heterocycles. The van der Waals surface area contributed by atoms with Gasteiger partial charge in [0, 0.05) is 35.8 Å². The number of ether oxygens (including phenoxy) is 1. The molecule has 0 saturated carbocycles. The third-order valence-corrected chi connectivity index (χ3v) is 4.89. The first-order valence-corrected chi connectivity index (χ1v) is 8.48. The fourth-order valence-corrected chi connectivity index (χ4v) is 3.78. The number of fused-ring (bicyclic) bond motifs is 1. The van der Waals surface area contributed by atoms with E-state index in [9.17, 15) is 5.11 Å². The number of phenolic OH excluding ortho intramolecular Hbond substituents is 1. The molecule has 24 heavy (non-hydrogen) atoms. The van der Waals surface area contributed by atoms with Crippen molar-refractivity contribution in [3.8, 4) is 5.75 Å². The van der Waals surface area contributed by atoms with Crippen LogP contribution in [0.25, 0.3) is 10.9 Å². The molecule has 2 heterocycles. The van der Waals surface area contributed by atoms with E-state index in [1.165, 1.54) is 0 Å². The van der Waals surface area contributed by atoms with Crippen LogP contribution < -0.4 is 0 Å². The van der Waals surface area contributed by atoms with Crippen molar-refractivity contribution in [2.75, 3.05) is 26.3 Å². The molecule has 4 rings (SSSR count). The molecule has 1 atom stereocenters. The SMILES string of the molecule is Oc1cccc(C(c2c[nH]c3cccc(Cl)c23)N2CCOCC2)c1. The van der Waals surface area contributed by atoms with Crippen molar-refractivity contribution in [1.29, 1.82) is 0 Å². The second-order valence-corrected chi connectivity index (χ2v) is 6.46. The summed E-state index contributed by atoms with van der Waals surface area (Å²) in [5.74, 6) is 0.275. The van der Waals surface area contributed by atoms with Crippen LogP contribution in [-0.4, -0.2) is 41.3 Å². The normalized spacial score (nSPS) is 17.2. The van der Waals surface area contributed by atoms with Gasteiger partial charge in [0.15, 0.2) is 0 Å². The fraction of sp³-hybridized carbons (Fsp3) is 0.263. The van der Waals surface area contributed by atoms with E-state index in [0.717, 1.165) is 40.1 Å². The average molecular weight is 343 g/mol. The number of phenols is 1. The molecular weight excluding hydrogens is 324 g/mol. The van der Waals surface area contributed by atoms with Crippen LogP contribution in [-0.2, 0) is 4.74 Å². The van der Waals surface area contributed by atoms with Gasteiger partial charge in [0.2, 0.25) is 0 Å². The predicted octanol–water partition coefficient (Wildman–Crippen LogP) is 3.95. The summed E-state index contributed by atoms with van der Waals surface area (Å²) < 4.78 is 5.51. The van der Waals surface area contributed by atoms with E-state index in [2.05, 4.69) is 16.0 Å². The summed E-state index contributed by atoms with van der Waals surface area (Å²) in [4.78, 5) is 5.71. The van der Waals surface area contributed by atoms with E-state index in [-0.39, 0.29) is 11.8 Å². The lowest BCUT2D eigenvalue weighted by molar-refractivity contribution is 0.0242. The first kappa shape index (κ1) is 15.5. The average Bonchev–Trinajstić information content (AvgIpc) is 3.02. The largest absolute Gasteiger partial charge is 0.508 e. The van der Waals surface area contributed by atoms with Gasteiger partial charge in [0.25, 0.3) is 0 Å². The Morgan fingerprint density at radius 2 is 1.92 bits per heavy atom. The Kier molecular flexibility index (Phi) is 4.19. The highest BCUT2D eigenvalue weighted by Gasteiger charge is 2.27. The molecule has 2 aromatic carbocycles. The maximum atomic E-state index is 9.95. The minimum absolute atomic E-state index is 0.0228. The molecule has 124 valence electrons. The Bertz CT molecular complexity index is 855. The maximum Gasteiger partial charge on any atom is 0.115 e. The number of nitrogens with zero attached hydrogens (tertiary/aromatic N) is 1. The second-order valence-electron chi connectivity index (χ2n) is 6.05. The Labute approximate surface area is 145 Å². The van der Waals surface area contributed by atoms with Crippen LogP contribution in [0.4, 0.5) is 0 Å². The molecular formula is C19H19ClN2O2. The summed E-state index contributed by atoms with van der Waals surface area (Å²) in [6, 6.07) is 13.4. The molecule has 1 aliphatic rings. The Hall–Kier alpha value is -2.01. The quantitative estimate of drug-likeness (QED) is 0.757. The van der Waals surface area contributed by atoms with E-state index in [1.54, 1.807) is 6.07 Å². The van der Waals surface area contributed by atoms with Crippen molar-refractivity contribution in [3.05, 3.63) is 64.8 Å². The van der Waals surface area contributed by atoms with Gasteiger partial charge in [-0.2, -0.15) is 0 Å². The van der Waals surface area contributed by atoms with Crippen LogP contribution in [0, 0.1) is 0 Å². The topological polar surface area (TPSA) is 48.5 Å². The number of H-pyrrole nitrogens is 1. The summed E-state index contributed by atoms with van der Waals surface area (Å²) in [7, 11) is 0. The van der Waals surface area contributed by atoms with Crippen molar-refractivity contribution in [3.63, 3.8) is 0 Å². The van der Waals surface area contributed by atoms with E-state index < -0.39 is 0 Å². The number of aromatic nitrogens is 1. The first-order chi connectivity index (χ1) is 11.7. The molecule has 2 N–H and O–H groups in total. The number of hydrogen-bond donors (Lipinski definition) is 2. The smallest absolute Gasteiger partial charge is 0.115 e. The van der Waals surface area contributed by atoms with Crippen LogP contribution in [0.2, 0.25) is 5.02 Å². The molecule has 0 bridgehead atoms. The molecule has 1 saturated heterocycles. The number of benzene rings is 2. The highest BCUT2D eigenvalue weighted by Crippen LogP contribution is 2.37. The van der Waals surface area contributed by atoms with Crippen LogP contribution in [0.5, 0.6) is 5.75 Å². The van der Waals surface area contributed by atoms with Gasteiger partial charge >= 0.3 is 0 Å². The lowest BCUT2D eigenvalue weighted by atomic mass is 9.96. The minimum atomic E-state index is 0.0228. The van der Waals surface area contributed by atoms with Gasteiger partial charge in [-0.1, -0.05) is 29.8 Å². The first-order valence-electron chi connectivity index (χ1n) is 8.10. The van der Waals surface area contributed by atoms with E-state index in [0.29, 0.717) is 13.2 Å². The number of morpholine rings is 1. The van der Waals surface area contributed by atoms with Gasteiger partial charge in [-0.15, -0.1) is 0 Å². The second kappa shape index (κ2) is 6.48. The molecule has 4 nitrogen and oxygen atoms in total. The number of hydrogen-bond acceptors (Lipinski definition) is 3. The summed E-state index contributed by atoms with van der Waals surface area (Å²) >= 11 is 6.49. The minimum Gasteiger partial charge on any atom is -0.508 e. The molecule has 0 radical (unpaired) electrons. The third kappa shape index (κ3) is 2.77. The number of aromatic hydroxyl groups is 1. The van der Waals surface area contributed by atoms with Crippen molar-refractivity contribution in [2.45, 2.75) is 6.04 Å². The number of nitrogens with one attached hydrogen (secondary N) is 1. The lowest BCUT2D eigenvalue weighted by Gasteiger charge is -2.35. The van der Waals surface area contributed by atoms with Gasteiger partial charge in [0.05, 0.1) is 24.3 Å². The molecule has 0 amide bonds. The summed E-state index contributed by atoms with van der Waals surface area (Å²) in [5.41, 5.74) is 3.21. The van der Waals surface area contributed by atoms with Crippen LogP contribution in [0.15, 0.2) is 48.7 Å². The molecule has 1 aromatic heterocycles. The van der Waals surface area contributed by atoms with E-state index >= 15 is 0 Å². The standard InChI is InChI=1S/C19H19ClN2O2/c20-16-5-2-6-17-18(16)15(12-21-17)19(22-7-9-24-10-8-22)13-3-1-4-14(23)11-13/h1-6,11-12,19,21,23H,7-10H2. The van der Waals surface area contributed by atoms with Crippen molar-refractivity contribution in [2.24, 2.45) is 0 Å². The number of aromatic amines is 1. The number of halogens is 1. The molecule has 3 aromatic rings. The van der Waals surface area contributed by atoms with E-state index in [1.807, 2.05) is 36.5 Å². The highest BCUT2D eigenvalue weighted by molar-refractivity contribution is 6.35. The van der Waals surface area contributed by atoms with Gasteiger partial charge in [-0.05, 0) is 29.8 Å². The van der Waals surface area contributed by atoms with Gasteiger partial charge in [0.1, 0.15) is 5.75 Å². The van der Waals surface area contributed by atoms with Gasteiger partial charge in [-0.25, -0.2) is 0 Å². The van der Waals surface area contributed by atoms with Crippen LogP contribution in [0.3, 0.4) is 0 Å². The van der Waals surface area contributed by atoms with Crippen molar-refractivity contribution in [1.82, 2.24) is 9.88 Å².